The van der Waals surface area contributed by atoms with E-state index >= 15 is 0 Å². The van der Waals surface area contributed by atoms with Crippen molar-refractivity contribution in [3.8, 4) is 0 Å². The number of hydrogen-bond donors (Lipinski definition) is 0. The molecule has 0 N–H and O–H groups in total. The first-order valence-electron chi connectivity index (χ1n) is 8.37. The Morgan fingerprint density at radius 1 is 1.12 bits per heavy atom. The van der Waals surface area contributed by atoms with Gasteiger partial charge in [0, 0.05) is 24.4 Å². The molecule has 0 bridgehead atoms. The highest BCUT2D eigenvalue weighted by Crippen LogP contribution is 2.33. The molecule has 1 heterocycles. The van der Waals surface area contributed by atoms with Gasteiger partial charge >= 0.3 is 0 Å². The number of halogens is 1. The first-order valence-corrected chi connectivity index (χ1v) is 8.75. The summed E-state index contributed by atoms with van der Waals surface area (Å²) in [5, 5.41) is 8.26. The highest BCUT2D eigenvalue weighted by atomic mass is 35.5. The molecular formula is C20H20ClN3O2. The number of aromatic nitrogens is 2. The van der Waals surface area contributed by atoms with Gasteiger partial charge in [-0.2, -0.15) is 0 Å². The van der Waals surface area contributed by atoms with Gasteiger partial charge in [0.25, 0.3) is 0 Å². The summed E-state index contributed by atoms with van der Waals surface area (Å²) in [5.74, 6) is -0.113. The summed E-state index contributed by atoms with van der Waals surface area (Å²) in [6, 6.07) is 17.6. The Kier molecular flexibility index (Phi) is 5.68. The highest BCUT2D eigenvalue weighted by molar-refractivity contribution is 6.31. The molecule has 134 valence electrons. The smallest absolute Gasteiger partial charge is 0.223 e. The van der Waals surface area contributed by atoms with Crippen LogP contribution >= 0.6 is 11.6 Å². The van der Waals surface area contributed by atoms with Gasteiger partial charge in [-0.15, -0.1) is 0 Å². The fraction of sp³-hybridized carbons (Fsp3) is 0.250. The number of carbonyl (C=O) groups excluding carboxylic acids is 1. The van der Waals surface area contributed by atoms with Gasteiger partial charge in [0.05, 0.1) is 6.54 Å². The van der Waals surface area contributed by atoms with E-state index in [1.54, 1.807) is 18.9 Å². The summed E-state index contributed by atoms with van der Waals surface area (Å²) in [7, 11) is 1.76. The van der Waals surface area contributed by atoms with Gasteiger partial charge in [-0.3, -0.25) is 4.79 Å². The molecule has 3 aromatic rings. The average Bonchev–Trinajstić information content (AvgIpc) is 3.05. The van der Waals surface area contributed by atoms with Gasteiger partial charge in [-0.05, 0) is 24.1 Å². The average molecular weight is 370 g/mol. The molecule has 5 nitrogen and oxygen atoms in total. The van der Waals surface area contributed by atoms with Crippen LogP contribution in [-0.2, 0) is 11.3 Å². The van der Waals surface area contributed by atoms with Gasteiger partial charge in [-0.25, -0.2) is 4.63 Å². The molecule has 1 amide bonds. The lowest BCUT2D eigenvalue weighted by atomic mass is 9.88. The Bertz CT molecular complexity index is 880. The molecule has 0 saturated heterocycles. The van der Waals surface area contributed by atoms with E-state index in [-0.39, 0.29) is 11.8 Å². The molecule has 3 rings (SSSR count). The summed E-state index contributed by atoms with van der Waals surface area (Å²) in [6.07, 6.45) is 0.314. The first-order chi connectivity index (χ1) is 12.6. The van der Waals surface area contributed by atoms with Crippen molar-refractivity contribution in [2.45, 2.75) is 25.8 Å². The first kappa shape index (κ1) is 18.1. The number of rotatable bonds is 6. The van der Waals surface area contributed by atoms with E-state index in [1.807, 2.05) is 54.6 Å². The van der Waals surface area contributed by atoms with Crippen LogP contribution in [0.4, 0.5) is 0 Å². The molecule has 0 aliphatic rings. The van der Waals surface area contributed by atoms with E-state index in [0.717, 1.165) is 11.1 Å². The Morgan fingerprint density at radius 2 is 1.81 bits per heavy atom. The maximum absolute atomic E-state index is 12.9. The molecule has 0 unspecified atom stereocenters. The van der Waals surface area contributed by atoms with E-state index in [9.17, 15) is 4.79 Å². The van der Waals surface area contributed by atoms with E-state index in [4.69, 9.17) is 16.2 Å². The molecule has 0 aliphatic carbocycles. The fourth-order valence-electron chi connectivity index (χ4n) is 2.89. The number of hydrogen-bond acceptors (Lipinski definition) is 4. The lowest BCUT2D eigenvalue weighted by molar-refractivity contribution is -0.130. The minimum Gasteiger partial charge on any atom is -0.340 e. The molecule has 1 atom stereocenters. The summed E-state index contributed by atoms with van der Waals surface area (Å²) in [4.78, 5) is 14.5. The standard InChI is InChI=1S/C20H20ClN3O2/c1-14-19(23-26-22-14)13-24(2)20(25)12-17(15-8-4-3-5-9-15)16-10-6-7-11-18(16)21/h3-11,17H,12-13H2,1-2H3/t17-/m1/s1. The van der Waals surface area contributed by atoms with Crippen molar-refractivity contribution in [3.05, 3.63) is 82.1 Å². The Labute approximate surface area is 157 Å². The van der Waals surface area contributed by atoms with Crippen LogP contribution in [0.15, 0.2) is 59.2 Å². The molecule has 1 aromatic heterocycles. The van der Waals surface area contributed by atoms with Gasteiger partial charge in [-0.1, -0.05) is 70.4 Å². The number of nitrogens with zero attached hydrogens (tertiary/aromatic N) is 3. The van der Waals surface area contributed by atoms with Crippen LogP contribution in [0, 0.1) is 6.92 Å². The van der Waals surface area contributed by atoms with Crippen molar-refractivity contribution in [1.82, 2.24) is 15.2 Å². The maximum atomic E-state index is 12.9. The maximum Gasteiger partial charge on any atom is 0.223 e. The van der Waals surface area contributed by atoms with E-state index in [2.05, 4.69) is 10.3 Å². The van der Waals surface area contributed by atoms with E-state index in [0.29, 0.717) is 29.4 Å². The van der Waals surface area contributed by atoms with Crippen LogP contribution in [0.3, 0.4) is 0 Å². The summed E-state index contributed by atoms with van der Waals surface area (Å²) in [6.45, 7) is 2.17. The largest absolute Gasteiger partial charge is 0.340 e. The van der Waals surface area contributed by atoms with Gasteiger partial charge in [0.1, 0.15) is 11.4 Å². The molecule has 0 radical (unpaired) electrons. The van der Waals surface area contributed by atoms with Crippen LogP contribution in [-0.4, -0.2) is 28.2 Å². The highest BCUT2D eigenvalue weighted by Gasteiger charge is 2.23. The van der Waals surface area contributed by atoms with Crippen molar-refractivity contribution < 1.29 is 9.42 Å². The van der Waals surface area contributed by atoms with Crippen LogP contribution < -0.4 is 0 Å². The Hall–Kier alpha value is -2.66. The molecule has 26 heavy (non-hydrogen) atoms. The predicted octanol–water partition coefficient (Wildman–Crippen LogP) is 4.21. The second-order valence-electron chi connectivity index (χ2n) is 6.24. The molecule has 6 heteroatoms. The van der Waals surface area contributed by atoms with Gasteiger partial charge < -0.3 is 4.90 Å². The van der Waals surface area contributed by atoms with Gasteiger partial charge in [0.2, 0.25) is 5.91 Å². The second kappa shape index (κ2) is 8.15. The predicted molar refractivity (Wildman–Crippen MR) is 99.9 cm³/mol. The van der Waals surface area contributed by atoms with E-state index in [1.165, 1.54) is 0 Å². The molecule has 0 spiro atoms. The van der Waals surface area contributed by atoms with Crippen LogP contribution in [0.2, 0.25) is 5.02 Å². The minimum atomic E-state index is -0.114. The van der Waals surface area contributed by atoms with Crippen molar-refractivity contribution in [3.63, 3.8) is 0 Å². The normalized spacial score (nSPS) is 12.0. The molecule has 2 aromatic carbocycles. The Morgan fingerprint density at radius 3 is 2.46 bits per heavy atom. The molecule has 0 saturated carbocycles. The lowest BCUT2D eigenvalue weighted by Crippen LogP contribution is -2.28. The number of carbonyl (C=O) groups is 1. The van der Waals surface area contributed by atoms with Crippen LogP contribution in [0.1, 0.15) is 34.9 Å². The van der Waals surface area contributed by atoms with Crippen LogP contribution in [0.25, 0.3) is 0 Å². The zero-order valence-corrected chi connectivity index (χ0v) is 15.5. The number of aryl methyl sites for hydroxylation is 1. The summed E-state index contributed by atoms with van der Waals surface area (Å²) < 4.78 is 4.71. The Balaban J connectivity index is 1.83. The summed E-state index contributed by atoms with van der Waals surface area (Å²) in [5.41, 5.74) is 3.35. The fourth-order valence-corrected chi connectivity index (χ4v) is 3.15. The minimum absolute atomic E-state index is 0.00109. The quantitative estimate of drug-likeness (QED) is 0.653. The van der Waals surface area contributed by atoms with Crippen molar-refractivity contribution in [1.29, 1.82) is 0 Å². The molecule has 0 fully saturated rings. The third-order valence-electron chi connectivity index (χ3n) is 4.42. The molecular weight excluding hydrogens is 350 g/mol. The van der Waals surface area contributed by atoms with E-state index < -0.39 is 0 Å². The summed E-state index contributed by atoms with van der Waals surface area (Å²) >= 11 is 6.41. The zero-order chi connectivity index (χ0) is 18.5. The SMILES string of the molecule is Cc1nonc1CN(C)C(=O)C[C@H](c1ccccc1)c1ccccc1Cl. The number of benzene rings is 2. The number of amides is 1. The van der Waals surface area contributed by atoms with Crippen molar-refractivity contribution >= 4 is 17.5 Å². The monoisotopic (exact) mass is 369 g/mol. The van der Waals surface area contributed by atoms with Gasteiger partial charge in [0.15, 0.2) is 0 Å². The second-order valence-corrected chi connectivity index (χ2v) is 6.64. The van der Waals surface area contributed by atoms with Crippen molar-refractivity contribution in [2.24, 2.45) is 0 Å². The molecule has 0 aliphatic heterocycles. The topological polar surface area (TPSA) is 59.2 Å². The van der Waals surface area contributed by atoms with Crippen LogP contribution in [0.5, 0.6) is 0 Å². The van der Waals surface area contributed by atoms with Crippen molar-refractivity contribution in [2.75, 3.05) is 7.05 Å². The third-order valence-corrected chi connectivity index (χ3v) is 4.76. The lowest BCUT2D eigenvalue weighted by Gasteiger charge is -2.22. The third kappa shape index (κ3) is 4.11. The zero-order valence-electron chi connectivity index (χ0n) is 14.7.